The normalized spacial score (nSPS) is 20.2. The van der Waals surface area contributed by atoms with Gasteiger partial charge in [0, 0.05) is 30.2 Å². The standard InChI is InChI=1S/C24H28N4/c1-16(2)27-13-5-12-26-24(27)23-21(15-25)20-11-10-18(17-6-3-7-17)14-22(20)28(23)19-8-4-9-19/h5,10-12,14,16-17,19H,3-4,6-9,13H2,1-2H3. The van der Waals surface area contributed by atoms with Crippen molar-refractivity contribution in [2.45, 2.75) is 70.4 Å². The van der Waals surface area contributed by atoms with E-state index in [1.54, 1.807) is 0 Å². The molecular formula is C24H28N4. The third-order valence-corrected chi connectivity index (χ3v) is 6.87. The second kappa shape index (κ2) is 6.81. The van der Waals surface area contributed by atoms with Gasteiger partial charge in [-0.15, -0.1) is 0 Å². The minimum atomic E-state index is 0.341. The van der Waals surface area contributed by atoms with Crippen LogP contribution in [0.1, 0.15) is 81.2 Å². The molecule has 0 N–H and O–H groups in total. The van der Waals surface area contributed by atoms with Crippen molar-refractivity contribution in [1.82, 2.24) is 9.47 Å². The molecule has 0 atom stereocenters. The van der Waals surface area contributed by atoms with Gasteiger partial charge in [0.15, 0.2) is 5.84 Å². The molecule has 1 aliphatic heterocycles. The first-order valence-corrected chi connectivity index (χ1v) is 10.8. The Labute approximate surface area is 167 Å². The third kappa shape index (κ3) is 2.60. The summed E-state index contributed by atoms with van der Waals surface area (Å²) in [7, 11) is 0. The van der Waals surface area contributed by atoms with Crippen molar-refractivity contribution in [1.29, 1.82) is 5.26 Å². The molecular weight excluding hydrogens is 344 g/mol. The van der Waals surface area contributed by atoms with Crippen LogP contribution in [0.5, 0.6) is 0 Å². The van der Waals surface area contributed by atoms with Crippen molar-refractivity contribution in [3.05, 3.63) is 47.3 Å². The van der Waals surface area contributed by atoms with Crippen LogP contribution < -0.4 is 0 Å². The maximum Gasteiger partial charge on any atom is 0.154 e. The maximum atomic E-state index is 10.1. The Morgan fingerprint density at radius 1 is 1.14 bits per heavy atom. The van der Waals surface area contributed by atoms with Gasteiger partial charge in [-0.05, 0) is 69.6 Å². The molecule has 1 aromatic heterocycles. The number of nitriles is 1. The molecule has 0 amide bonds. The zero-order chi connectivity index (χ0) is 19.3. The summed E-state index contributed by atoms with van der Waals surface area (Å²) < 4.78 is 2.47. The Bertz CT molecular complexity index is 1010. The molecule has 0 radical (unpaired) electrons. The monoisotopic (exact) mass is 372 g/mol. The van der Waals surface area contributed by atoms with Crippen molar-refractivity contribution in [3.63, 3.8) is 0 Å². The van der Waals surface area contributed by atoms with Crippen LogP contribution in [-0.2, 0) is 0 Å². The fourth-order valence-electron chi connectivity index (χ4n) is 4.78. The number of fused-ring (bicyclic) bond motifs is 1. The second-order valence-electron chi connectivity index (χ2n) is 8.78. The molecule has 0 saturated heterocycles. The number of aliphatic imine (C=N–C) groups is 1. The number of nitrogens with zero attached hydrogens (tertiary/aromatic N) is 4. The Hall–Kier alpha value is -2.54. The summed E-state index contributed by atoms with van der Waals surface area (Å²) in [6.07, 6.45) is 11.6. The average molecular weight is 373 g/mol. The Morgan fingerprint density at radius 3 is 2.54 bits per heavy atom. The van der Waals surface area contributed by atoms with E-state index < -0.39 is 0 Å². The zero-order valence-corrected chi connectivity index (χ0v) is 16.9. The molecule has 5 rings (SSSR count). The summed E-state index contributed by atoms with van der Waals surface area (Å²) in [4.78, 5) is 7.10. The average Bonchev–Trinajstić information content (AvgIpc) is 2.92. The van der Waals surface area contributed by atoms with Crippen LogP contribution >= 0.6 is 0 Å². The van der Waals surface area contributed by atoms with Gasteiger partial charge in [-0.1, -0.05) is 18.6 Å². The van der Waals surface area contributed by atoms with Gasteiger partial charge in [-0.2, -0.15) is 5.26 Å². The van der Waals surface area contributed by atoms with Crippen LogP contribution in [-0.4, -0.2) is 27.9 Å². The maximum absolute atomic E-state index is 10.1. The van der Waals surface area contributed by atoms with Gasteiger partial charge in [0.25, 0.3) is 0 Å². The molecule has 2 aliphatic carbocycles. The van der Waals surface area contributed by atoms with E-state index >= 15 is 0 Å². The molecule has 0 unspecified atom stereocenters. The molecule has 2 fully saturated rings. The van der Waals surface area contributed by atoms with E-state index in [-0.39, 0.29) is 0 Å². The van der Waals surface area contributed by atoms with Gasteiger partial charge >= 0.3 is 0 Å². The van der Waals surface area contributed by atoms with E-state index in [1.165, 1.54) is 49.6 Å². The number of benzene rings is 1. The highest BCUT2D eigenvalue weighted by molar-refractivity contribution is 6.07. The molecule has 0 spiro atoms. The number of rotatable bonds is 4. The molecule has 2 aromatic rings. The van der Waals surface area contributed by atoms with Crippen molar-refractivity contribution in [2.24, 2.45) is 4.99 Å². The first-order chi connectivity index (χ1) is 13.7. The number of hydrogen-bond donors (Lipinski definition) is 0. The van der Waals surface area contributed by atoms with Gasteiger partial charge in [0.05, 0.1) is 11.1 Å². The number of hydrogen-bond acceptors (Lipinski definition) is 3. The molecule has 4 heteroatoms. The van der Waals surface area contributed by atoms with E-state index in [0.717, 1.165) is 29.0 Å². The molecule has 144 valence electrons. The van der Waals surface area contributed by atoms with Gasteiger partial charge in [0.1, 0.15) is 11.8 Å². The van der Waals surface area contributed by atoms with Crippen molar-refractivity contribution in [2.75, 3.05) is 6.54 Å². The highest BCUT2D eigenvalue weighted by atomic mass is 15.2. The highest BCUT2D eigenvalue weighted by Gasteiger charge is 2.32. The van der Waals surface area contributed by atoms with Crippen LogP contribution in [0.15, 0.2) is 35.5 Å². The van der Waals surface area contributed by atoms with Crippen molar-refractivity contribution in [3.8, 4) is 6.07 Å². The molecule has 4 nitrogen and oxygen atoms in total. The van der Waals surface area contributed by atoms with Gasteiger partial charge in [-0.3, -0.25) is 0 Å². The largest absolute Gasteiger partial charge is 0.349 e. The summed E-state index contributed by atoms with van der Waals surface area (Å²) in [6.45, 7) is 5.25. The predicted octanol–water partition coefficient (Wildman–Crippen LogP) is 5.49. The molecule has 3 aliphatic rings. The molecule has 1 aromatic carbocycles. The Kier molecular flexibility index (Phi) is 4.27. The van der Waals surface area contributed by atoms with E-state index in [9.17, 15) is 5.26 Å². The summed E-state index contributed by atoms with van der Waals surface area (Å²) >= 11 is 0. The Morgan fingerprint density at radius 2 is 1.93 bits per heavy atom. The van der Waals surface area contributed by atoms with Crippen LogP contribution in [0, 0.1) is 11.3 Å². The van der Waals surface area contributed by atoms with Crippen LogP contribution in [0.2, 0.25) is 0 Å². The summed E-state index contributed by atoms with van der Waals surface area (Å²) in [5.41, 5.74) is 4.51. The second-order valence-corrected chi connectivity index (χ2v) is 8.78. The molecule has 2 saturated carbocycles. The number of aromatic nitrogens is 1. The highest BCUT2D eigenvalue weighted by Crippen LogP contribution is 2.42. The van der Waals surface area contributed by atoms with Gasteiger partial charge in [-0.25, -0.2) is 4.99 Å². The van der Waals surface area contributed by atoms with Crippen LogP contribution in [0.25, 0.3) is 10.9 Å². The van der Waals surface area contributed by atoms with Crippen LogP contribution in [0.4, 0.5) is 0 Å². The SMILES string of the molecule is CC(C)N1CC=CN=C1c1c(C#N)c2ccc(C3CCC3)cc2n1C1CCC1. The van der Waals surface area contributed by atoms with E-state index in [0.29, 0.717) is 18.0 Å². The lowest BCUT2D eigenvalue weighted by molar-refractivity contribution is 0.315. The fraction of sp³-hybridized carbons (Fsp3) is 0.500. The lowest BCUT2D eigenvalue weighted by Gasteiger charge is -2.35. The minimum absolute atomic E-state index is 0.341. The molecule has 0 bridgehead atoms. The van der Waals surface area contributed by atoms with Crippen molar-refractivity contribution >= 4 is 16.7 Å². The first kappa shape index (κ1) is 17.6. The van der Waals surface area contributed by atoms with Gasteiger partial charge < -0.3 is 9.47 Å². The number of amidine groups is 1. The van der Waals surface area contributed by atoms with Crippen molar-refractivity contribution < 1.29 is 0 Å². The lowest BCUT2D eigenvalue weighted by atomic mass is 9.80. The summed E-state index contributed by atoms with van der Waals surface area (Å²) in [5.74, 6) is 1.66. The summed E-state index contributed by atoms with van der Waals surface area (Å²) in [6, 6.07) is 10.2. The quantitative estimate of drug-likeness (QED) is 0.712. The predicted molar refractivity (Wildman–Crippen MR) is 114 cm³/mol. The first-order valence-electron chi connectivity index (χ1n) is 10.8. The minimum Gasteiger partial charge on any atom is -0.349 e. The summed E-state index contributed by atoms with van der Waals surface area (Å²) in [5, 5.41) is 11.2. The van der Waals surface area contributed by atoms with E-state index in [4.69, 9.17) is 4.99 Å². The smallest absolute Gasteiger partial charge is 0.154 e. The van der Waals surface area contributed by atoms with E-state index in [2.05, 4.69) is 53.7 Å². The van der Waals surface area contributed by atoms with Crippen LogP contribution in [0.3, 0.4) is 0 Å². The topological polar surface area (TPSA) is 44.3 Å². The lowest BCUT2D eigenvalue weighted by Crippen LogP contribution is -2.41. The van der Waals surface area contributed by atoms with E-state index in [1.807, 2.05) is 6.20 Å². The molecule has 28 heavy (non-hydrogen) atoms. The molecule has 2 heterocycles. The fourth-order valence-corrected chi connectivity index (χ4v) is 4.78. The van der Waals surface area contributed by atoms with Gasteiger partial charge in [0.2, 0.25) is 0 Å². The Balaban J connectivity index is 1.76. The zero-order valence-electron chi connectivity index (χ0n) is 16.9. The third-order valence-electron chi connectivity index (χ3n) is 6.87.